The number of carbonyl (C=O) groups excluding carboxylic acids is 1. The van der Waals surface area contributed by atoms with Crippen LogP contribution in [0.15, 0.2) is 18.3 Å². The molecule has 1 amide bonds. The monoisotopic (exact) mass is 229 g/mol. The SMILES string of the molecule is CCC1(CNC(=O)c2ccc(C#N)cn2)CC1. The van der Waals surface area contributed by atoms with Crippen LogP contribution in [0.5, 0.6) is 0 Å². The number of nitriles is 1. The molecule has 1 N–H and O–H groups in total. The number of hydrogen-bond donors (Lipinski definition) is 1. The first-order valence-corrected chi connectivity index (χ1v) is 5.83. The van der Waals surface area contributed by atoms with E-state index in [2.05, 4.69) is 17.2 Å². The second-order valence-corrected chi connectivity index (χ2v) is 4.58. The normalized spacial score (nSPS) is 16.0. The summed E-state index contributed by atoms with van der Waals surface area (Å²) in [7, 11) is 0. The number of nitrogens with one attached hydrogen (secondary N) is 1. The fourth-order valence-corrected chi connectivity index (χ4v) is 1.78. The van der Waals surface area contributed by atoms with Gasteiger partial charge in [-0.1, -0.05) is 6.92 Å². The smallest absolute Gasteiger partial charge is 0.269 e. The van der Waals surface area contributed by atoms with Crippen molar-refractivity contribution in [2.24, 2.45) is 5.41 Å². The number of carbonyl (C=O) groups is 1. The van der Waals surface area contributed by atoms with Crippen molar-refractivity contribution in [3.8, 4) is 6.07 Å². The average Bonchev–Trinajstić information content (AvgIpc) is 3.17. The highest BCUT2D eigenvalue weighted by Crippen LogP contribution is 2.47. The minimum absolute atomic E-state index is 0.158. The lowest BCUT2D eigenvalue weighted by atomic mass is 10.0. The molecule has 1 aromatic rings. The second-order valence-electron chi connectivity index (χ2n) is 4.58. The molecule has 1 aliphatic rings. The zero-order chi connectivity index (χ0) is 12.3. The molecule has 17 heavy (non-hydrogen) atoms. The van der Waals surface area contributed by atoms with Crippen LogP contribution < -0.4 is 5.32 Å². The van der Waals surface area contributed by atoms with Gasteiger partial charge in [0.25, 0.3) is 5.91 Å². The fourth-order valence-electron chi connectivity index (χ4n) is 1.78. The molecule has 4 nitrogen and oxygen atoms in total. The molecule has 1 heterocycles. The van der Waals surface area contributed by atoms with E-state index in [0.717, 1.165) is 13.0 Å². The Labute approximate surface area is 101 Å². The van der Waals surface area contributed by atoms with E-state index in [9.17, 15) is 4.79 Å². The van der Waals surface area contributed by atoms with Crippen molar-refractivity contribution in [3.05, 3.63) is 29.6 Å². The van der Waals surface area contributed by atoms with Crippen molar-refractivity contribution in [2.45, 2.75) is 26.2 Å². The fraction of sp³-hybridized carbons (Fsp3) is 0.462. The van der Waals surface area contributed by atoms with E-state index in [1.54, 1.807) is 12.1 Å². The van der Waals surface area contributed by atoms with Crippen molar-refractivity contribution in [1.82, 2.24) is 10.3 Å². The largest absolute Gasteiger partial charge is 0.350 e. The molecule has 2 rings (SSSR count). The summed E-state index contributed by atoms with van der Waals surface area (Å²) in [6.45, 7) is 2.88. The van der Waals surface area contributed by atoms with Crippen molar-refractivity contribution in [3.63, 3.8) is 0 Å². The molecule has 0 spiro atoms. The molecule has 0 unspecified atom stereocenters. The average molecular weight is 229 g/mol. The number of rotatable bonds is 4. The molecule has 88 valence electrons. The Morgan fingerprint density at radius 1 is 1.59 bits per heavy atom. The van der Waals surface area contributed by atoms with Crippen molar-refractivity contribution < 1.29 is 4.79 Å². The molecule has 0 atom stereocenters. The van der Waals surface area contributed by atoms with Crippen LogP contribution >= 0.6 is 0 Å². The van der Waals surface area contributed by atoms with Gasteiger partial charge in [0, 0.05) is 12.7 Å². The maximum Gasteiger partial charge on any atom is 0.269 e. The zero-order valence-corrected chi connectivity index (χ0v) is 9.86. The quantitative estimate of drug-likeness (QED) is 0.857. The summed E-state index contributed by atoms with van der Waals surface area (Å²) in [4.78, 5) is 15.7. The number of aromatic nitrogens is 1. The zero-order valence-electron chi connectivity index (χ0n) is 9.86. The number of pyridine rings is 1. The third-order valence-corrected chi connectivity index (χ3v) is 3.46. The first kappa shape index (κ1) is 11.6. The van der Waals surface area contributed by atoms with Gasteiger partial charge in [-0.15, -0.1) is 0 Å². The molecular weight excluding hydrogens is 214 g/mol. The Kier molecular flexibility index (Phi) is 3.10. The van der Waals surface area contributed by atoms with Crippen LogP contribution in [-0.4, -0.2) is 17.4 Å². The molecule has 0 aromatic carbocycles. The van der Waals surface area contributed by atoms with Crippen LogP contribution in [0.25, 0.3) is 0 Å². The molecule has 1 saturated carbocycles. The van der Waals surface area contributed by atoms with Crippen LogP contribution in [0.1, 0.15) is 42.2 Å². The minimum Gasteiger partial charge on any atom is -0.350 e. The topological polar surface area (TPSA) is 65.8 Å². The highest BCUT2D eigenvalue weighted by molar-refractivity contribution is 5.92. The molecular formula is C13H15N3O. The third kappa shape index (κ3) is 2.62. The molecule has 0 aliphatic heterocycles. The molecule has 0 saturated heterocycles. The summed E-state index contributed by atoms with van der Waals surface area (Å²) in [5.41, 5.74) is 1.17. The van der Waals surface area contributed by atoms with Gasteiger partial charge in [-0.2, -0.15) is 5.26 Å². The van der Waals surface area contributed by atoms with Crippen LogP contribution in [0.4, 0.5) is 0 Å². The molecule has 1 aliphatic carbocycles. The number of hydrogen-bond acceptors (Lipinski definition) is 3. The molecule has 1 aromatic heterocycles. The van der Waals surface area contributed by atoms with Crippen molar-refractivity contribution in [2.75, 3.05) is 6.54 Å². The highest BCUT2D eigenvalue weighted by Gasteiger charge is 2.40. The van der Waals surface area contributed by atoms with Crippen molar-refractivity contribution in [1.29, 1.82) is 5.26 Å². The van der Waals surface area contributed by atoms with Gasteiger partial charge in [0.05, 0.1) is 5.56 Å². The summed E-state index contributed by atoms with van der Waals surface area (Å²) in [5.74, 6) is -0.158. The van der Waals surface area contributed by atoms with Gasteiger partial charge in [0.1, 0.15) is 11.8 Å². The highest BCUT2D eigenvalue weighted by atomic mass is 16.1. The number of amides is 1. The predicted molar refractivity (Wildman–Crippen MR) is 63.2 cm³/mol. The van der Waals surface area contributed by atoms with Gasteiger partial charge >= 0.3 is 0 Å². The van der Waals surface area contributed by atoms with Crippen LogP contribution in [0.3, 0.4) is 0 Å². The van der Waals surface area contributed by atoms with E-state index >= 15 is 0 Å². The summed E-state index contributed by atoms with van der Waals surface area (Å²) >= 11 is 0. The van der Waals surface area contributed by atoms with E-state index in [-0.39, 0.29) is 5.91 Å². The minimum atomic E-state index is -0.158. The summed E-state index contributed by atoms with van der Waals surface area (Å²) in [5, 5.41) is 11.5. The van der Waals surface area contributed by atoms with E-state index in [1.165, 1.54) is 19.0 Å². The van der Waals surface area contributed by atoms with Crippen LogP contribution in [0, 0.1) is 16.7 Å². The Hall–Kier alpha value is -1.89. The number of nitrogens with zero attached hydrogens (tertiary/aromatic N) is 2. The Morgan fingerprint density at radius 2 is 2.35 bits per heavy atom. The first-order chi connectivity index (χ1) is 8.19. The summed E-state index contributed by atoms with van der Waals surface area (Å²) in [6.07, 6.45) is 4.92. The Bertz CT molecular complexity index is 455. The van der Waals surface area contributed by atoms with E-state index in [0.29, 0.717) is 16.7 Å². The lowest BCUT2D eigenvalue weighted by Crippen LogP contribution is -2.30. The predicted octanol–water partition coefficient (Wildman–Crippen LogP) is 1.87. The summed E-state index contributed by atoms with van der Waals surface area (Å²) in [6, 6.07) is 5.16. The maximum absolute atomic E-state index is 11.8. The lowest BCUT2D eigenvalue weighted by Gasteiger charge is -2.12. The second kappa shape index (κ2) is 4.54. The standard InChI is InChI=1S/C13H15N3O/c1-2-13(5-6-13)9-16-12(17)11-4-3-10(7-14)8-15-11/h3-4,8H,2,5-6,9H2,1H3,(H,16,17). The molecule has 0 radical (unpaired) electrons. The van der Waals surface area contributed by atoms with Gasteiger partial charge in [-0.05, 0) is 36.8 Å². The Balaban J connectivity index is 1.93. The van der Waals surface area contributed by atoms with E-state index in [4.69, 9.17) is 5.26 Å². The van der Waals surface area contributed by atoms with Crippen molar-refractivity contribution >= 4 is 5.91 Å². The third-order valence-electron chi connectivity index (χ3n) is 3.46. The molecule has 1 fully saturated rings. The Morgan fingerprint density at radius 3 is 2.82 bits per heavy atom. The first-order valence-electron chi connectivity index (χ1n) is 5.83. The molecule has 0 bridgehead atoms. The van der Waals surface area contributed by atoms with Crippen LogP contribution in [0.2, 0.25) is 0 Å². The van der Waals surface area contributed by atoms with Gasteiger partial charge in [0.15, 0.2) is 0 Å². The molecule has 4 heteroatoms. The maximum atomic E-state index is 11.8. The van der Waals surface area contributed by atoms with E-state index < -0.39 is 0 Å². The van der Waals surface area contributed by atoms with E-state index in [1.807, 2.05) is 6.07 Å². The van der Waals surface area contributed by atoms with Gasteiger partial charge < -0.3 is 5.32 Å². The van der Waals surface area contributed by atoms with Crippen LogP contribution in [-0.2, 0) is 0 Å². The van der Waals surface area contributed by atoms with Gasteiger partial charge in [-0.3, -0.25) is 4.79 Å². The van der Waals surface area contributed by atoms with Gasteiger partial charge in [-0.25, -0.2) is 4.98 Å². The van der Waals surface area contributed by atoms with Gasteiger partial charge in [0.2, 0.25) is 0 Å². The summed E-state index contributed by atoms with van der Waals surface area (Å²) < 4.78 is 0. The lowest BCUT2D eigenvalue weighted by molar-refractivity contribution is 0.0939.